The van der Waals surface area contributed by atoms with Crippen LogP contribution in [0.1, 0.15) is 32.3 Å². The topological polar surface area (TPSA) is 93.0 Å². The number of thiophene rings is 1. The van der Waals surface area contributed by atoms with Crippen LogP contribution in [0.4, 0.5) is 5.69 Å². The van der Waals surface area contributed by atoms with E-state index in [1.54, 1.807) is 6.20 Å². The summed E-state index contributed by atoms with van der Waals surface area (Å²) in [5, 5.41) is 3.41. The Labute approximate surface area is 196 Å². The highest BCUT2D eigenvalue weighted by Crippen LogP contribution is 2.45. The van der Waals surface area contributed by atoms with E-state index < -0.39 is 10.8 Å². The van der Waals surface area contributed by atoms with Gasteiger partial charge in [0.2, 0.25) is 0 Å². The molecule has 1 unspecified atom stereocenters. The first-order chi connectivity index (χ1) is 15.5. The second-order valence-electron chi connectivity index (χ2n) is 7.22. The minimum absolute atomic E-state index is 0.217. The predicted octanol–water partition coefficient (Wildman–Crippen LogP) is 6.74. The van der Waals surface area contributed by atoms with Gasteiger partial charge in [-0.1, -0.05) is 37.6 Å². The van der Waals surface area contributed by atoms with Crippen LogP contribution in [-0.2, 0) is 26.9 Å². The number of hydrogen-bond acceptors (Lipinski definition) is 7. The van der Waals surface area contributed by atoms with Gasteiger partial charge in [0.05, 0.1) is 15.0 Å². The second-order valence-corrected chi connectivity index (χ2v) is 10.9. The number of unbranched alkanes of at least 4 members (excludes halogenated alkanes) is 1. The number of fused-ring (bicyclic) bond motifs is 1. The van der Waals surface area contributed by atoms with Crippen molar-refractivity contribution in [2.24, 2.45) is 0 Å². The van der Waals surface area contributed by atoms with Gasteiger partial charge in [-0.05, 0) is 29.2 Å². The minimum atomic E-state index is -1.22. The van der Waals surface area contributed by atoms with Crippen molar-refractivity contribution >= 4 is 55.3 Å². The van der Waals surface area contributed by atoms with Gasteiger partial charge in [-0.15, -0.1) is 28.4 Å². The molecule has 1 atom stereocenters. The Kier molecular flexibility index (Phi) is 6.98. The third kappa shape index (κ3) is 4.74. The predicted molar refractivity (Wildman–Crippen MR) is 132 cm³/mol. The van der Waals surface area contributed by atoms with Crippen LogP contribution in [0.2, 0.25) is 0 Å². The molecule has 32 heavy (non-hydrogen) atoms. The number of ether oxygens (including phenoxy) is 1. The average molecular weight is 485 g/mol. The highest BCUT2D eigenvalue weighted by Gasteiger charge is 2.18. The van der Waals surface area contributed by atoms with Crippen molar-refractivity contribution in [2.75, 3.05) is 5.75 Å². The molecule has 0 saturated carbocycles. The Bertz CT molecular complexity index is 1270. The van der Waals surface area contributed by atoms with E-state index in [9.17, 15) is 9.00 Å². The average Bonchev–Trinajstić information content (AvgIpc) is 3.44. The molecular weight excluding hydrogens is 462 g/mol. The largest absolute Gasteiger partial charge is 0.696 e. The number of nitrogens with one attached hydrogen (secondary N) is 1. The molecule has 4 rings (SSSR count). The fraction of sp³-hybridized carbons (Fsp3) is 0.261. The third-order valence-electron chi connectivity index (χ3n) is 4.88. The number of thiazole rings is 1. The maximum Gasteiger partial charge on any atom is 0.302 e. The fourth-order valence-corrected chi connectivity index (χ4v) is 6.62. The molecule has 0 bridgehead atoms. The van der Waals surface area contributed by atoms with E-state index in [1.165, 1.54) is 29.6 Å². The SMILES string of the molecule is CCCCS(=O)c1sc2nc(-c3nccs3)cc(-c3ccc(COC(C)=O)cc3)c2c1[NH-]. The molecule has 0 aliphatic carbocycles. The van der Waals surface area contributed by atoms with Crippen LogP contribution in [0.15, 0.2) is 46.1 Å². The Morgan fingerprint density at radius 3 is 2.69 bits per heavy atom. The van der Waals surface area contributed by atoms with E-state index >= 15 is 0 Å². The van der Waals surface area contributed by atoms with Crippen LogP contribution in [0.5, 0.6) is 0 Å². The third-order valence-corrected chi connectivity index (χ3v) is 8.64. The van der Waals surface area contributed by atoms with Gasteiger partial charge in [0.25, 0.3) is 0 Å². The maximum absolute atomic E-state index is 12.8. The Morgan fingerprint density at radius 1 is 1.25 bits per heavy atom. The van der Waals surface area contributed by atoms with E-state index in [4.69, 9.17) is 15.5 Å². The molecule has 0 aliphatic heterocycles. The van der Waals surface area contributed by atoms with Gasteiger partial charge in [0, 0.05) is 29.6 Å². The van der Waals surface area contributed by atoms with Gasteiger partial charge in [0.1, 0.15) is 22.1 Å². The van der Waals surface area contributed by atoms with Crippen LogP contribution >= 0.6 is 22.7 Å². The van der Waals surface area contributed by atoms with Crippen molar-refractivity contribution in [1.29, 1.82) is 0 Å². The van der Waals surface area contributed by atoms with Crippen molar-refractivity contribution in [1.82, 2.24) is 9.97 Å². The van der Waals surface area contributed by atoms with Crippen LogP contribution < -0.4 is 0 Å². The lowest BCUT2D eigenvalue weighted by Gasteiger charge is -2.12. The molecule has 166 valence electrons. The maximum atomic E-state index is 12.8. The zero-order valence-corrected chi connectivity index (χ0v) is 20.2. The van der Waals surface area contributed by atoms with Crippen molar-refractivity contribution < 1.29 is 13.7 Å². The molecule has 1 N–H and O–H groups in total. The van der Waals surface area contributed by atoms with E-state index in [1.807, 2.05) is 35.7 Å². The minimum Gasteiger partial charge on any atom is -0.696 e. The molecule has 6 nitrogen and oxygen atoms in total. The monoisotopic (exact) mass is 484 g/mol. The van der Waals surface area contributed by atoms with Crippen molar-refractivity contribution in [3.63, 3.8) is 0 Å². The number of aromatic nitrogens is 2. The number of carbonyl (C=O) groups is 1. The summed E-state index contributed by atoms with van der Waals surface area (Å²) in [5.41, 5.74) is 12.5. The summed E-state index contributed by atoms with van der Waals surface area (Å²) in [4.78, 5) is 20.9. The molecule has 3 aromatic heterocycles. The Hall–Kier alpha value is -2.62. The summed E-state index contributed by atoms with van der Waals surface area (Å²) in [6, 6.07) is 9.66. The zero-order valence-electron chi connectivity index (χ0n) is 17.7. The van der Waals surface area contributed by atoms with Gasteiger partial charge in [0.15, 0.2) is 0 Å². The summed E-state index contributed by atoms with van der Waals surface area (Å²) in [6.07, 6.45) is 3.56. The van der Waals surface area contributed by atoms with Crippen LogP contribution in [0, 0.1) is 0 Å². The molecule has 9 heteroatoms. The normalized spacial score (nSPS) is 12.2. The molecule has 0 fully saturated rings. The molecule has 0 saturated heterocycles. The number of carbonyl (C=O) groups excluding carboxylic acids is 1. The number of rotatable bonds is 8. The van der Waals surface area contributed by atoms with Crippen molar-refractivity contribution in [2.45, 2.75) is 37.5 Å². The van der Waals surface area contributed by atoms with E-state index in [0.717, 1.165) is 40.2 Å². The second kappa shape index (κ2) is 9.89. The molecule has 0 spiro atoms. The number of nitrogens with zero attached hydrogens (tertiary/aromatic N) is 2. The summed E-state index contributed by atoms with van der Waals surface area (Å²) in [6.45, 7) is 3.67. The quantitative estimate of drug-likeness (QED) is 0.258. The molecule has 0 aliphatic rings. The van der Waals surface area contributed by atoms with Gasteiger partial charge in [-0.2, -0.15) is 0 Å². The standard InChI is InChI=1S/C23H22N3O3S3/c1-3-4-11-32(28)23-20(24)19-17(16-7-5-15(6-8-16)13-29-14(2)27)12-18(26-22(19)31-23)21-25-9-10-30-21/h5-10,12,24H,3-4,11,13H2,1-2H3/q-1. The van der Waals surface area contributed by atoms with Gasteiger partial charge < -0.3 is 10.5 Å². The molecular formula is C23H22N3O3S3-. The summed E-state index contributed by atoms with van der Waals surface area (Å²) in [7, 11) is -1.22. The van der Waals surface area contributed by atoms with Gasteiger partial charge >= 0.3 is 5.97 Å². The molecule has 4 aromatic rings. The highest BCUT2D eigenvalue weighted by atomic mass is 32.2. The zero-order chi connectivity index (χ0) is 22.7. The lowest BCUT2D eigenvalue weighted by atomic mass is 10.0. The summed E-state index contributed by atoms with van der Waals surface area (Å²) >= 11 is 2.84. The van der Waals surface area contributed by atoms with E-state index in [0.29, 0.717) is 20.2 Å². The molecule has 3 heterocycles. The molecule has 1 aromatic carbocycles. The van der Waals surface area contributed by atoms with Crippen LogP contribution in [-0.4, -0.2) is 25.9 Å². The van der Waals surface area contributed by atoms with E-state index in [2.05, 4.69) is 11.9 Å². The number of hydrogen-bond donors (Lipinski definition) is 0. The number of pyridine rings is 1. The first-order valence-corrected chi connectivity index (χ1v) is 13.2. The first kappa shape index (κ1) is 22.6. The van der Waals surface area contributed by atoms with Crippen LogP contribution in [0.3, 0.4) is 0 Å². The number of benzene rings is 1. The number of esters is 1. The lowest BCUT2D eigenvalue weighted by Crippen LogP contribution is -1.98. The van der Waals surface area contributed by atoms with Gasteiger partial charge in [-0.3, -0.25) is 9.00 Å². The summed E-state index contributed by atoms with van der Waals surface area (Å²) < 4.78 is 18.5. The Morgan fingerprint density at radius 2 is 2.03 bits per heavy atom. The molecule has 0 amide bonds. The smallest absolute Gasteiger partial charge is 0.302 e. The fourth-order valence-electron chi connectivity index (χ4n) is 3.26. The lowest BCUT2D eigenvalue weighted by molar-refractivity contribution is -0.142. The first-order valence-electron chi connectivity index (χ1n) is 10.2. The van der Waals surface area contributed by atoms with E-state index in [-0.39, 0.29) is 18.3 Å². The summed E-state index contributed by atoms with van der Waals surface area (Å²) in [5.74, 6) is 0.230. The van der Waals surface area contributed by atoms with Gasteiger partial charge in [-0.25, -0.2) is 9.97 Å². The molecule has 0 radical (unpaired) electrons. The Balaban J connectivity index is 1.83. The van der Waals surface area contributed by atoms with Crippen LogP contribution in [0.25, 0.3) is 37.8 Å². The highest BCUT2D eigenvalue weighted by molar-refractivity contribution is 7.87. The van der Waals surface area contributed by atoms with Crippen molar-refractivity contribution in [3.8, 4) is 21.8 Å². The van der Waals surface area contributed by atoms with Crippen molar-refractivity contribution in [3.05, 3.63) is 53.2 Å².